The van der Waals surface area contributed by atoms with E-state index in [1.165, 1.54) is 0 Å². The Morgan fingerprint density at radius 1 is 1.23 bits per heavy atom. The molecule has 0 saturated carbocycles. The average Bonchev–Trinajstić information content (AvgIpc) is 2.75. The predicted molar refractivity (Wildman–Crippen MR) is 102 cm³/mol. The lowest BCUT2D eigenvalue weighted by Gasteiger charge is -2.44. The van der Waals surface area contributed by atoms with Crippen molar-refractivity contribution < 1.29 is 18.8 Å². The third-order valence-corrected chi connectivity index (χ3v) is 10.4. The zero-order valence-corrected chi connectivity index (χ0v) is 17.1. The van der Waals surface area contributed by atoms with Crippen molar-refractivity contribution in [2.45, 2.75) is 58.0 Å². The molecule has 0 bridgehead atoms. The van der Waals surface area contributed by atoms with Crippen LogP contribution in [0.5, 0.6) is 0 Å². The highest BCUT2D eigenvalue weighted by Gasteiger charge is 2.55. The predicted octanol–water partition coefficient (Wildman–Crippen LogP) is 2.99. The molecule has 6 nitrogen and oxygen atoms in total. The van der Waals surface area contributed by atoms with Crippen LogP contribution in [0.4, 0.5) is 5.69 Å². The number of nitrogens with one attached hydrogen (secondary N) is 1. The summed E-state index contributed by atoms with van der Waals surface area (Å²) in [4.78, 5) is 24.9. The summed E-state index contributed by atoms with van der Waals surface area (Å²) in [7, 11) is -2.08. The van der Waals surface area contributed by atoms with Crippen molar-refractivity contribution in [1.29, 1.82) is 0 Å². The second kappa shape index (κ2) is 6.02. The number of amides is 1. The fraction of sp³-hybridized carbons (Fsp3) is 0.526. The number of hydrogen-bond acceptors (Lipinski definition) is 4. The van der Waals surface area contributed by atoms with Crippen LogP contribution >= 0.6 is 0 Å². The Labute approximate surface area is 155 Å². The Hall–Kier alpha value is -1.99. The molecule has 2 aliphatic heterocycles. The number of carbonyl (C=O) groups is 2. The first-order chi connectivity index (χ1) is 12.0. The molecule has 7 heteroatoms. The van der Waals surface area contributed by atoms with E-state index in [9.17, 15) is 14.8 Å². The molecule has 3 rings (SSSR count). The standard InChI is InChI=1S/C19H26N2O4Si/c1-11(25-26(5,6)19(2,3)4)14-15(20-18(14)23)16-17(22)12-9-7-8-10-13(12)21(16)24/h7-11,14-15H,1-6H3,(H,20,23)/t11-,14?,15+/m1/s1. The largest absolute Gasteiger partial charge is 0.618 e. The number of Topliss-reactive ketones (excluding diaryl/α,β-unsaturated/α-hetero) is 1. The van der Waals surface area contributed by atoms with Crippen LogP contribution in [0.1, 0.15) is 38.1 Å². The minimum absolute atomic E-state index is 0.00804. The average molecular weight is 375 g/mol. The van der Waals surface area contributed by atoms with Gasteiger partial charge in [0, 0.05) is 6.07 Å². The molecule has 1 saturated heterocycles. The molecule has 1 unspecified atom stereocenters. The van der Waals surface area contributed by atoms with Gasteiger partial charge in [-0.3, -0.25) is 9.59 Å². The maximum absolute atomic E-state index is 12.7. The van der Waals surface area contributed by atoms with Gasteiger partial charge < -0.3 is 15.0 Å². The Morgan fingerprint density at radius 2 is 1.85 bits per heavy atom. The van der Waals surface area contributed by atoms with E-state index < -0.39 is 20.3 Å². The molecule has 0 spiro atoms. The lowest BCUT2D eigenvalue weighted by atomic mass is 9.81. The smallest absolute Gasteiger partial charge is 0.265 e. The third kappa shape index (κ3) is 2.79. The van der Waals surface area contributed by atoms with Crippen molar-refractivity contribution in [3.8, 4) is 0 Å². The maximum atomic E-state index is 12.7. The van der Waals surface area contributed by atoms with Gasteiger partial charge in [-0.2, -0.15) is 4.74 Å². The van der Waals surface area contributed by atoms with Gasteiger partial charge in [-0.15, -0.1) is 0 Å². The molecule has 1 aromatic rings. The number of fused-ring (bicyclic) bond motifs is 1. The van der Waals surface area contributed by atoms with Crippen molar-refractivity contribution in [2.24, 2.45) is 5.92 Å². The highest BCUT2D eigenvalue weighted by atomic mass is 28.4. The van der Waals surface area contributed by atoms with Gasteiger partial charge in [0.05, 0.1) is 12.0 Å². The van der Waals surface area contributed by atoms with Gasteiger partial charge in [-0.05, 0) is 31.1 Å². The summed E-state index contributed by atoms with van der Waals surface area (Å²) in [5, 5.41) is 15.4. The van der Waals surface area contributed by atoms with Crippen LogP contribution in [0.3, 0.4) is 0 Å². The Bertz CT molecular complexity index is 810. The number of hydrogen-bond donors (Lipinski definition) is 1. The normalized spacial score (nSPS) is 24.2. The number of carbonyl (C=O) groups excluding carboxylic acids is 2. The van der Waals surface area contributed by atoms with Crippen LogP contribution in [0, 0.1) is 11.1 Å². The fourth-order valence-electron chi connectivity index (χ4n) is 3.30. The number of para-hydroxylation sites is 1. The summed E-state index contributed by atoms with van der Waals surface area (Å²) in [6.07, 6.45) is -0.368. The van der Waals surface area contributed by atoms with Gasteiger partial charge in [0.1, 0.15) is 11.6 Å². The fourth-order valence-corrected chi connectivity index (χ4v) is 4.73. The molecule has 1 amide bonds. The van der Waals surface area contributed by atoms with Crippen LogP contribution < -0.4 is 5.32 Å². The molecule has 26 heavy (non-hydrogen) atoms. The SMILES string of the molecule is C[C@@H](O[Si](C)(C)C(C)(C)C)C1C(=O)N[C@@H]1C1=[N+]([O-])c2ccccc2C1=O. The van der Waals surface area contributed by atoms with E-state index in [0.29, 0.717) is 16.0 Å². The molecule has 0 aliphatic carbocycles. The molecule has 3 atom stereocenters. The zero-order chi connectivity index (χ0) is 19.4. The summed E-state index contributed by atoms with van der Waals surface area (Å²) in [5.74, 6) is -1.02. The lowest BCUT2D eigenvalue weighted by molar-refractivity contribution is -0.359. The van der Waals surface area contributed by atoms with Gasteiger partial charge >= 0.3 is 0 Å². The number of β-lactam (4-membered cyclic amide) rings is 1. The Balaban J connectivity index is 1.86. The number of rotatable bonds is 4. The number of nitrogens with zero attached hydrogens (tertiary/aromatic N) is 1. The molecule has 140 valence electrons. The molecule has 0 aromatic heterocycles. The molecule has 1 fully saturated rings. The molecule has 2 aliphatic rings. The van der Waals surface area contributed by atoms with Gasteiger partial charge in [0.15, 0.2) is 8.32 Å². The summed E-state index contributed by atoms with van der Waals surface area (Å²) >= 11 is 0. The Kier molecular flexibility index (Phi) is 4.35. The van der Waals surface area contributed by atoms with Gasteiger partial charge in [-0.1, -0.05) is 32.9 Å². The summed E-state index contributed by atoms with van der Waals surface area (Å²) in [6.45, 7) is 12.5. The first-order valence-corrected chi connectivity index (χ1v) is 11.8. The quantitative estimate of drug-likeness (QED) is 0.380. The van der Waals surface area contributed by atoms with E-state index in [1.54, 1.807) is 24.3 Å². The monoisotopic (exact) mass is 374 g/mol. The van der Waals surface area contributed by atoms with Crippen LogP contribution in [0.15, 0.2) is 24.3 Å². The van der Waals surface area contributed by atoms with Crippen LogP contribution in [0.25, 0.3) is 0 Å². The van der Waals surface area contributed by atoms with Crippen molar-refractivity contribution in [3.05, 3.63) is 35.0 Å². The van der Waals surface area contributed by atoms with Crippen molar-refractivity contribution >= 4 is 31.4 Å². The van der Waals surface area contributed by atoms with Crippen molar-refractivity contribution in [2.75, 3.05) is 0 Å². The lowest BCUT2D eigenvalue weighted by Crippen LogP contribution is -2.68. The summed E-state index contributed by atoms with van der Waals surface area (Å²) in [6, 6.07) is 6.10. The van der Waals surface area contributed by atoms with E-state index in [4.69, 9.17) is 4.43 Å². The van der Waals surface area contributed by atoms with E-state index in [2.05, 4.69) is 39.2 Å². The minimum Gasteiger partial charge on any atom is -0.618 e. The van der Waals surface area contributed by atoms with Crippen LogP contribution in [-0.2, 0) is 9.22 Å². The van der Waals surface area contributed by atoms with Gasteiger partial charge in [0.25, 0.3) is 11.5 Å². The number of benzene rings is 1. The molecule has 1 N–H and O–H groups in total. The summed E-state index contributed by atoms with van der Waals surface area (Å²) in [5.41, 5.74) is 0.808. The first-order valence-electron chi connectivity index (χ1n) is 8.92. The van der Waals surface area contributed by atoms with E-state index >= 15 is 0 Å². The molecule has 0 radical (unpaired) electrons. The molecule has 1 aromatic carbocycles. The van der Waals surface area contributed by atoms with E-state index in [0.717, 1.165) is 0 Å². The second-order valence-corrected chi connectivity index (χ2v) is 13.4. The van der Waals surface area contributed by atoms with Gasteiger partial charge in [0.2, 0.25) is 11.6 Å². The van der Waals surface area contributed by atoms with Crippen molar-refractivity contribution in [3.63, 3.8) is 0 Å². The van der Waals surface area contributed by atoms with Gasteiger partial charge in [-0.25, -0.2) is 0 Å². The van der Waals surface area contributed by atoms with Crippen LogP contribution in [-0.4, -0.2) is 42.6 Å². The topological polar surface area (TPSA) is 81.5 Å². The highest BCUT2D eigenvalue weighted by Crippen LogP contribution is 2.39. The van der Waals surface area contributed by atoms with Crippen molar-refractivity contribution in [1.82, 2.24) is 5.32 Å². The Morgan fingerprint density at radius 3 is 2.38 bits per heavy atom. The molecular formula is C19H26N2O4Si. The zero-order valence-electron chi connectivity index (χ0n) is 16.1. The second-order valence-electron chi connectivity index (χ2n) is 8.62. The minimum atomic E-state index is -2.08. The first kappa shape index (κ1) is 18.8. The number of ketones is 1. The summed E-state index contributed by atoms with van der Waals surface area (Å²) < 4.78 is 7.01. The third-order valence-electron chi connectivity index (χ3n) is 5.87. The molecular weight excluding hydrogens is 348 g/mol. The molecule has 2 heterocycles. The highest BCUT2D eigenvalue weighted by molar-refractivity contribution is 6.74. The maximum Gasteiger partial charge on any atom is 0.265 e. The van der Waals surface area contributed by atoms with Crippen LogP contribution in [0.2, 0.25) is 18.1 Å². The van der Waals surface area contributed by atoms with E-state index in [-0.39, 0.29) is 28.5 Å². The van der Waals surface area contributed by atoms with E-state index in [1.807, 2.05) is 6.92 Å².